The van der Waals surface area contributed by atoms with E-state index in [9.17, 15) is 0 Å². The molecule has 4 heteroatoms. The first-order chi connectivity index (χ1) is 8.52. The van der Waals surface area contributed by atoms with Gasteiger partial charge in [0.15, 0.2) is 0 Å². The normalized spacial score (nSPS) is 11.8. The second-order valence-electron chi connectivity index (χ2n) is 4.92. The van der Waals surface area contributed by atoms with Crippen LogP contribution in [-0.4, -0.2) is 17.6 Å². The summed E-state index contributed by atoms with van der Waals surface area (Å²) in [5, 5.41) is 6.60. The van der Waals surface area contributed by atoms with Gasteiger partial charge in [-0.25, -0.2) is 4.98 Å². The standard InChI is InChI=1S/C14H17BrN2S/c1-14(2,16-3)8-13-17-12(9-18-13)10-6-4-5-7-11(10)15/h4-7,9,16H,8H2,1-3H3. The molecule has 0 aliphatic carbocycles. The maximum atomic E-state index is 4.72. The van der Waals surface area contributed by atoms with Gasteiger partial charge in [0.2, 0.25) is 0 Å². The van der Waals surface area contributed by atoms with E-state index >= 15 is 0 Å². The minimum atomic E-state index is 0.0864. The summed E-state index contributed by atoms with van der Waals surface area (Å²) in [4.78, 5) is 4.72. The number of thiazole rings is 1. The molecule has 0 unspecified atom stereocenters. The van der Waals surface area contributed by atoms with Crippen molar-refractivity contribution in [3.05, 3.63) is 39.1 Å². The van der Waals surface area contributed by atoms with Gasteiger partial charge in [0.05, 0.1) is 10.7 Å². The summed E-state index contributed by atoms with van der Waals surface area (Å²) in [6.45, 7) is 4.37. The van der Waals surface area contributed by atoms with Crippen LogP contribution in [0, 0.1) is 0 Å². The summed E-state index contributed by atoms with van der Waals surface area (Å²) in [5.74, 6) is 0. The Labute approximate surface area is 121 Å². The molecule has 2 aromatic rings. The number of hydrogen-bond donors (Lipinski definition) is 1. The van der Waals surface area contributed by atoms with Gasteiger partial charge in [-0.3, -0.25) is 0 Å². The molecule has 1 aromatic carbocycles. The molecule has 1 aromatic heterocycles. The quantitative estimate of drug-likeness (QED) is 0.915. The summed E-state index contributed by atoms with van der Waals surface area (Å²) in [5.41, 5.74) is 2.29. The highest BCUT2D eigenvalue weighted by Gasteiger charge is 2.18. The smallest absolute Gasteiger partial charge is 0.0950 e. The minimum Gasteiger partial charge on any atom is -0.314 e. The first kappa shape index (κ1) is 13.7. The number of likely N-dealkylation sites (N-methyl/N-ethyl adjacent to an activating group) is 1. The predicted octanol–water partition coefficient (Wildman–Crippen LogP) is 4.11. The molecule has 0 fully saturated rings. The Hall–Kier alpha value is -0.710. The largest absolute Gasteiger partial charge is 0.314 e. The minimum absolute atomic E-state index is 0.0864. The van der Waals surface area contributed by atoms with E-state index in [2.05, 4.69) is 46.5 Å². The van der Waals surface area contributed by atoms with E-state index in [1.165, 1.54) is 5.01 Å². The number of aromatic nitrogens is 1. The number of nitrogens with zero attached hydrogens (tertiary/aromatic N) is 1. The number of rotatable bonds is 4. The maximum absolute atomic E-state index is 4.72. The molecule has 18 heavy (non-hydrogen) atoms. The van der Waals surface area contributed by atoms with Gasteiger partial charge in [0, 0.05) is 27.4 Å². The van der Waals surface area contributed by atoms with Crippen LogP contribution in [0.15, 0.2) is 34.1 Å². The second-order valence-corrected chi connectivity index (χ2v) is 6.71. The van der Waals surface area contributed by atoms with Crippen LogP contribution in [0.3, 0.4) is 0 Å². The van der Waals surface area contributed by atoms with E-state index in [1.54, 1.807) is 11.3 Å². The number of benzene rings is 1. The van der Waals surface area contributed by atoms with Gasteiger partial charge >= 0.3 is 0 Å². The van der Waals surface area contributed by atoms with Gasteiger partial charge in [-0.15, -0.1) is 11.3 Å². The lowest BCUT2D eigenvalue weighted by atomic mass is 10.0. The van der Waals surface area contributed by atoms with Gasteiger partial charge < -0.3 is 5.32 Å². The third-order valence-electron chi connectivity index (χ3n) is 2.97. The summed E-state index contributed by atoms with van der Waals surface area (Å²) in [6.07, 6.45) is 0.943. The molecule has 0 aliphatic heterocycles. The van der Waals surface area contributed by atoms with Crippen molar-refractivity contribution in [1.29, 1.82) is 0 Å². The average Bonchev–Trinajstić information content (AvgIpc) is 2.77. The highest BCUT2D eigenvalue weighted by Crippen LogP contribution is 2.29. The SMILES string of the molecule is CNC(C)(C)Cc1nc(-c2ccccc2Br)cs1. The van der Waals surface area contributed by atoms with Crippen LogP contribution in [0.5, 0.6) is 0 Å². The van der Waals surface area contributed by atoms with Crippen molar-refractivity contribution in [2.45, 2.75) is 25.8 Å². The highest BCUT2D eigenvalue weighted by atomic mass is 79.9. The number of nitrogens with one attached hydrogen (secondary N) is 1. The van der Waals surface area contributed by atoms with Gasteiger partial charge in [-0.2, -0.15) is 0 Å². The molecule has 0 aliphatic rings. The average molecular weight is 325 g/mol. The molecule has 0 saturated carbocycles. The Morgan fingerprint density at radius 3 is 2.72 bits per heavy atom. The van der Waals surface area contributed by atoms with E-state index in [0.717, 1.165) is 22.2 Å². The maximum Gasteiger partial charge on any atom is 0.0950 e. The Bertz CT molecular complexity index is 534. The molecule has 0 radical (unpaired) electrons. The molecule has 1 N–H and O–H groups in total. The lowest BCUT2D eigenvalue weighted by Gasteiger charge is -2.22. The zero-order valence-corrected chi connectivity index (χ0v) is 13.2. The van der Waals surface area contributed by atoms with Crippen LogP contribution in [0.1, 0.15) is 18.9 Å². The monoisotopic (exact) mass is 324 g/mol. The van der Waals surface area contributed by atoms with Crippen molar-refractivity contribution in [2.75, 3.05) is 7.05 Å². The Morgan fingerprint density at radius 2 is 2.06 bits per heavy atom. The van der Waals surface area contributed by atoms with E-state index in [1.807, 2.05) is 25.2 Å². The summed E-state index contributed by atoms with van der Waals surface area (Å²) >= 11 is 5.29. The van der Waals surface area contributed by atoms with Crippen molar-refractivity contribution in [2.24, 2.45) is 0 Å². The summed E-state index contributed by atoms with van der Waals surface area (Å²) in [7, 11) is 1.99. The molecule has 0 amide bonds. The molecule has 96 valence electrons. The second kappa shape index (κ2) is 5.51. The van der Waals surface area contributed by atoms with E-state index in [4.69, 9.17) is 4.98 Å². The molecule has 0 atom stereocenters. The van der Waals surface area contributed by atoms with Gasteiger partial charge in [0.25, 0.3) is 0 Å². The van der Waals surface area contributed by atoms with Crippen LogP contribution in [0.2, 0.25) is 0 Å². The number of halogens is 1. The third-order valence-corrected chi connectivity index (χ3v) is 4.51. The van der Waals surface area contributed by atoms with Crippen molar-refractivity contribution in [3.63, 3.8) is 0 Å². The molecule has 2 nitrogen and oxygen atoms in total. The molecule has 0 bridgehead atoms. The topological polar surface area (TPSA) is 24.9 Å². The fraction of sp³-hybridized carbons (Fsp3) is 0.357. The van der Waals surface area contributed by atoms with E-state index < -0.39 is 0 Å². The summed E-state index contributed by atoms with van der Waals surface area (Å²) < 4.78 is 1.09. The van der Waals surface area contributed by atoms with Gasteiger partial charge in [0.1, 0.15) is 0 Å². The van der Waals surface area contributed by atoms with Crippen LogP contribution in [-0.2, 0) is 6.42 Å². The molecule has 0 spiro atoms. The Kier molecular flexibility index (Phi) is 4.20. The predicted molar refractivity (Wildman–Crippen MR) is 82.1 cm³/mol. The zero-order chi connectivity index (χ0) is 13.2. The summed E-state index contributed by atoms with van der Waals surface area (Å²) in [6, 6.07) is 8.19. The Balaban J connectivity index is 2.24. The molecular weight excluding hydrogens is 308 g/mol. The lowest BCUT2D eigenvalue weighted by Crippen LogP contribution is -2.38. The van der Waals surface area contributed by atoms with E-state index in [0.29, 0.717) is 0 Å². The zero-order valence-electron chi connectivity index (χ0n) is 10.8. The lowest BCUT2D eigenvalue weighted by molar-refractivity contribution is 0.421. The first-order valence-electron chi connectivity index (χ1n) is 5.90. The molecule has 2 rings (SSSR count). The van der Waals surface area contributed by atoms with Crippen LogP contribution in [0.4, 0.5) is 0 Å². The van der Waals surface area contributed by atoms with Gasteiger partial charge in [-0.05, 0) is 27.0 Å². The first-order valence-corrected chi connectivity index (χ1v) is 7.57. The fourth-order valence-corrected chi connectivity index (χ4v) is 3.16. The van der Waals surface area contributed by atoms with Crippen LogP contribution >= 0.6 is 27.3 Å². The van der Waals surface area contributed by atoms with Crippen LogP contribution in [0.25, 0.3) is 11.3 Å². The molecular formula is C14H17BrN2S. The number of hydrogen-bond acceptors (Lipinski definition) is 3. The third kappa shape index (κ3) is 3.19. The fourth-order valence-electron chi connectivity index (χ4n) is 1.65. The van der Waals surface area contributed by atoms with Crippen molar-refractivity contribution < 1.29 is 0 Å². The van der Waals surface area contributed by atoms with Crippen molar-refractivity contribution >= 4 is 27.3 Å². The molecule has 0 saturated heterocycles. The van der Waals surface area contributed by atoms with Crippen LogP contribution < -0.4 is 5.32 Å². The van der Waals surface area contributed by atoms with Crippen molar-refractivity contribution in [3.8, 4) is 11.3 Å². The van der Waals surface area contributed by atoms with Gasteiger partial charge in [-0.1, -0.05) is 34.1 Å². The Morgan fingerprint density at radius 1 is 1.33 bits per heavy atom. The van der Waals surface area contributed by atoms with E-state index in [-0.39, 0.29) is 5.54 Å². The molecule has 1 heterocycles. The van der Waals surface area contributed by atoms with Crippen molar-refractivity contribution in [1.82, 2.24) is 10.3 Å². The highest BCUT2D eigenvalue weighted by molar-refractivity contribution is 9.10.